The van der Waals surface area contributed by atoms with E-state index in [2.05, 4.69) is 139 Å². The van der Waals surface area contributed by atoms with Gasteiger partial charge in [0.2, 0.25) is 0 Å². The monoisotopic (exact) mass is 496 g/mol. The second kappa shape index (κ2) is 8.47. The second-order valence-corrected chi connectivity index (χ2v) is 11.2. The third-order valence-corrected chi connectivity index (χ3v) is 8.78. The molecule has 4 aromatic carbocycles. The van der Waals surface area contributed by atoms with Gasteiger partial charge in [0.25, 0.3) is 0 Å². The van der Waals surface area contributed by atoms with E-state index in [-0.39, 0.29) is 11.3 Å². The van der Waals surface area contributed by atoms with Crippen LogP contribution in [0.3, 0.4) is 0 Å². The van der Waals surface area contributed by atoms with Gasteiger partial charge in [-0.2, -0.15) is 0 Å². The molecular weight excluding hydrogens is 464 g/mol. The summed E-state index contributed by atoms with van der Waals surface area (Å²) in [6.07, 6.45) is 4.85. The van der Waals surface area contributed by atoms with Gasteiger partial charge in [0, 0.05) is 33.2 Å². The quantitative estimate of drug-likeness (QED) is 0.260. The van der Waals surface area contributed by atoms with Crippen LogP contribution in [-0.2, 0) is 0 Å². The molecule has 0 spiro atoms. The molecule has 188 valence electrons. The molecule has 2 unspecified atom stereocenters. The van der Waals surface area contributed by atoms with Gasteiger partial charge in [-0.25, -0.2) is 0 Å². The fraction of sp³-hybridized carbons (Fsp3) is 0.200. The molecule has 2 atom stereocenters. The zero-order chi connectivity index (χ0) is 26.0. The molecule has 2 aromatic heterocycles. The predicted octanol–water partition coefficient (Wildman–Crippen LogP) is 8.71. The first kappa shape index (κ1) is 23.1. The summed E-state index contributed by atoms with van der Waals surface area (Å²) >= 11 is 0. The Hall–Kier alpha value is -4.08. The van der Waals surface area contributed by atoms with Gasteiger partial charge in [-0.15, -0.1) is 0 Å². The number of hydrogen-bond donors (Lipinski definition) is 1. The lowest BCUT2D eigenvalue weighted by molar-refractivity contribution is 0.0972. The summed E-state index contributed by atoms with van der Waals surface area (Å²) < 4.78 is 4.66. The van der Waals surface area contributed by atoms with Crippen molar-refractivity contribution in [2.24, 2.45) is 11.3 Å². The maximum atomic E-state index is 12.1. The molecule has 0 amide bonds. The minimum Gasteiger partial charge on any atom is -0.386 e. The van der Waals surface area contributed by atoms with Crippen molar-refractivity contribution in [3.05, 3.63) is 109 Å². The number of rotatable bonds is 4. The zero-order valence-corrected chi connectivity index (χ0v) is 22.1. The second-order valence-electron chi connectivity index (χ2n) is 11.2. The Balaban J connectivity index is 1.57. The van der Waals surface area contributed by atoms with Crippen LogP contribution in [0.2, 0.25) is 0 Å². The summed E-state index contributed by atoms with van der Waals surface area (Å²) in [7, 11) is 0. The highest BCUT2D eigenvalue weighted by Crippen LogP contribution is 2.45. The molecule has 3 heteroatoms. The summed E-state index contributed by atoms with van der Waals surface area (Å²) in [6, 6.07) is 34.3. The lowest BCUT2D eigenvalue weighted by Gasteiger charge is -2.39. The highest BCUT2D eigenvalue weighted by Gasteiger charge is 2.38. The van der Waals surface area contributed by atoms with E-state index in [4.69, 9.17) is 0 Å². The summed E-state index contributed by atoms with van der Waals surface area (Å²) in [6.45, 7) is 6.77. The molecule has 0 fully saturated rings. The molecule has 1 N–H and O–H groups in total. The van der Waals surface area contributed by atoms with Crippen molar-refractivity contribution in [1.82, 2.24) is 9.13 Å². The van der Waals surface area contributed by atoms with Crippen molar-refractivity contribution in [2.45, 2.75) is 33.3 Å². The fourth-order valence-corrected chi connectivity index (χ4v) is 6.37. The van der Waals surface area contributed by atoms with Crippen LogP contribution >= 0.6 is 0 Å². The standard InChI is InChI=1S/C35H32N2O/c1-4-35(2,3)28-21-23(36-29-17-9-5-13-24(29)25-14-6-10-18-30(25)36)22-33(34(28)38)37-31-19-11-7-15-26(31)27-16-8-12-20-32(27)37/h5-22,28,34,38H,4H2,1-3H3. The van der Waals surface area contributed by atoms with E-state index >= 15 is 0 Å². The molecule has 0 aliphatic heterocycles. The molecule has 38 heavy (non-hydrogen) atoms. The summed E-state index contributed by atoms with van der Waals surface area (Å²) in [5, 5.41) is 17.0. The Bertz CT molecular complexity index is 1810. The van der Waals surface area contributed by atoms with Gasteiger partial charge in [0.15, 0.2) is 0 Å². The van der Waals surface area contributed by atoms with Crippen molar-refractivity contribution in [2.75, 3.05) is 0 Å². The highest BCUT2D eigenvalue weighted by atomic mass is 16.3. The number of aliphatic hydroxyl groups excluding tert-OH is 1. The van der Waals surface area contributed by atoms with Crippen molar-refractivity contribution in [3.8, 4) is 0 Å². The van der Waals surface area contributed by atoms with Gasteiger partial charge in [0.05, 0.1) is 27.8 Å². The smallest absolute Gasteiger partial charge is 0.101 e. The molecule has 2 heterocycles. The Labute approximate surface area is 222 Å². The lowest BCUT2D eigenvalue weighted by Crippen LogP contribution is -2.36. The number of benzene rings is 4. The first-order chi connectivity index (χ1) is 18.5. The van der Waals surface area contributed by atoms with Crippen LogP contribution in [0.5, 0.6) is 0 Å². The normalized spacial score (nSPS) is 18.4. The highest BCUT2D eigenvalue weighted by molar-refractivity contribution is 6.12. The van der Waals surface area contributed by atoms with Gasteiger partial charge in [0.1, 0.15) is 6.10 Å². The molecule has 6 aromatic rings. The van der Waals surface area contributed by atoms with Crippen LogP contribution in [0.4, 0.5) is 0 Å². The number of allylic oxidation sites excluding steroid dienone is 2. The van der Waals surface area contributed by atoms with Gasteiger partial charge in [-0.1, -0.05) is 106 Å². The van der Waals surface area contributed by atoms with E-state index in [1.807, 2.05) is 0 Å². The topological polar surface area (TPSA) is 30.1 Å². The number of aromatic nitrogens is 2. The molecular formula is C35H32N2O. The molecule has 1 aliphatic rings. The van der Waals surface area contributed by atoms with Gasteiger partial charge >= 0.3 is 0 Å². The summed E-state index contributed by atoms with van der Waals surface area (Å²) in [5.41, 5.74) is 6.54. The van der Waals surface area contributed by atoms with E-state index in [0.29, 0.717) is 0 Å². The van der Waals surface area contributed by atoms with Crippen molar-refractivity contribution in [1.29, 1.82) is 0 Å². The van der Waals surface area contributed by atoms with Crippen molar-refractivity contribution >= 4 is 55.0 Å². The molecule has 3 nitrogen and oxygen atoms in total. The Morgan fingerprint density at radius 2 is 1.03 bits per heavy atom. The van der Waals surface area contributed by atoms with E-state index in [9.17, 15) is 5.11 Å². The van der Waals surface area contributed by atoms with Crippen molar-refractivity contribution in [3.63, 3.8) is 0 Å². The molecule has 0 bridgehead atoms. The third kappa shape index (κ3) is 3.25. The molecule has 0 saturated heterocycles. The first-order valence-corrected chi connectivity index (χ1v) is 13.6. The van der Waals surface area contributed by atoms with Gasteiger partial charge in [-0.05, 0) is 35.8 Å². The van der Waals surface area contributed by atoms with E-state index in [1.165, 1.54) is 32.6 Å². The predicted molar refractivity (Wildman–Crippen MR) is 161 cm³/mol. The van der Waals surface area contributed by atoms with Gasteiger partial charge in [-0.3, -0.25) is 0 Å². The summed E-state index contributed by atoms with van der Waals surface area (Å²) in [5.74, 6) is -0.0534. The Morgan fingerprint density at radius 1 is 0.632 bits per heavy atom. The van der Waals surface area contributed by atoms with Crippen LogP contribution in [0.1, 0.15) is 27.2 Å². The Kier molecular flexibility index (Phi) is 5.14. The maximum absolute atomic E-state index is 12.1. The number of fused-ring (bicyclic) bond motifs is 6. The van der Waals surface area contributed by atoms with E-state index in [1.54, 1.807) is 0 Å². The number of para-hydroxylation sites is 4. The zero-order valence-electron chi connectivity index (χ0n) is 22.1. The van der Waals surface area contributed by atoms with E-state index in [0.717, 1.165) is 28.8 Å². The molecule has 0 radical (unpaired) electrons. The van der Waals surface area contributed by atoms with Crippen molar-refractivity contribution < 1.29 is 5.11 Å². The van der Waals surface area contributed by atoms with Crippen LogP contribution in [0, 0.1) is 11.3 Å². The van der Waals surface area contributed by atoms with Crippen LogP contribution < -0.4 is 0 Å². The molecule has 1 aliphatic carbocycles. The fourth-order valence-electron chi connectivity index (χ4n) is 6.37. The SMILES string of the molecule is CCC(C)(C)C1C=C(n2c3ccccc3c3ccccc32)C=C(n2c3ccccc3c3ccccc32)C1O. The minimum atomic E-state index is -0.638. The largest absolute Gasteiger partial charge is 0.386 e. The number of nitrogens with zero attached hydrogens (tertiary/aromatic N) is 2. The molecule has 7 rings (SSSR count). The average molecular weight is 497 g/mol. The summed E-state index contributed by atoms with van der Waals surface area (Å²) in [4.78, 5) is 0. The third-order valence-electron chi connectivity index (χ3n) is 8.78. The van der Waals surface area contributed by atoms with Crippen LogP contribution in [0.15, 0.2) is 109 Å². The first-order valence-electron chi connectivity index (χ1n) is 13.6. The average Bonchev–Trinajstić information content (AvgIpc) is 3.46. The maximum Gasteiger partial charge on any atom is 0.101 e. The molecule has 0 saturated carbocycles. The van der Waals surface area contributed by atoms with Gasteiger partial charge < -0.3 is 14.2 Å². The van der Waals surface area contributed by atoms with Crippen LogP contribution in [-0.4, -0.2) is 20.3 Å². The lowest BCUT2D eigenvalue weighted by atomic mass is 9.71. The number of hydrogen-bond acceptors (Lipinski definition) is 1. The Morgan fingerprint density at radius 3 is 1.45 bits per heavy atom. The number of aliphatic hydroxyl groups is 1. The van der Waals surface area contributed by atoms with E-state index < -0.39 is 6.10 Å². The van der Waals surface area contributed by atoms with Crippen LogP contribution in [0.25, 0.3) is 55.0 Å². The minimum absolute atomic E-state index is 0.0534.